The molecule has 4 amide bonds. The molecule has 36 heavy (non-hydrogen) atoms. The number of rotatable bonds is 7. The molecule has 0 radical (unpaired) electrons. The van der Waals surface area contributed by atoms with Crippen molar-refractivity contribution in [1.29, 1.82) is 0 Å². The monoisotopic (exact) mass is 509 g/mol. The zero-order chi connectivity index (χ0) is 25.5. The van der Waals surface area contributed by atoms with Crippen LogP contribution in [-0.4, -0.2) is 60.1 Å². The molecule has 2 aromatic rings. The van der Waals surface area contributed by atoms with E-state index in [9.17, 15) is 14.4 Å². The van der Waals surface area contributed by atoms with Gasteiger partial charge in [-0.25, -0.2) is 4.79 Å². The maximum atomic E-state index is 13.0. The first-order chi connectivity index (χ1) is 17.5. The SMILES string of the molecule is CCN1Cc2cc(CNC(=O)NCC(=O)N3CCCC3c3ccccc3SC)ccc2NCCC1=O. The Labute approximate surface area is 217 Å². The fraction of sp³-hybridized carbons (Fsp3) is 0.444. The lowest BCUT2D eigenvalue weighted by molar-refractivity contribution is -0.132. The molecule has 0 spiro atoms. The smallest absolute Gasteiger partial charge is 0.315 e. The van der Waals surface area contributed by atoms with Crippen LogP contribution in [0, 0.1) is 0 Å². The Morgan fingerprint density at radius 2 is 2.00 bits per heavy atom. The van der Waals surface area contributed by atoms with Gasteiger partial charge in [0.05, 0.1) is 12.6 Å². The summed E-state index contributed by atoms with van der Waals surface area (Å²) in [4.78, 5) is 42.6. The highest BCUT2D eigenvalue weighted by Gasteiger charge is 2.31. The minimum Gasteiger partial charge on any atom is -0.384 e. The number of anilines is 1. The molecule has 1 fully saturated rings. The zero-order valence-corrected chi connectivity index (χ0v) is 21.8. The lowest BCUT2D eigenvalue weighted by Crippen LogP contribution is -2.43. The van der Waals surface area contributed by atoms with Gasteiger partial charge in [-0.15, -0.1) is 11.8 Å². The highest BCUT2D eigenvalue weighted by atomic mass is 32.2. The normalized spacial score (nSPS) is 17.6. The maximum Gasteiger partial charge on any atom is 0.315 e. The van der Waals surface area contributed by atoms with Gasteiger partial charge in [-0.05, 0) is 54.8 Å². The molecule has 0 bridgehead atoms. The average molecular weight is 510 g/mol. The van der Waals surface area contributed by atoms with Crippen molar-refractivity contribution in [3.8, 4) is 0 Å². The molecule has 1 saturated heterocycles. The third kappa shape index (κ3) is 6.13. The molecule has 8 nitrogen and oxygen atoms in total. The zero-order valence-electron chi connectivity index (χ0n) is 21.0. The Bertz CT molecular complexity index is 1110. The van der Waals surface area contributed by atoms with Crippen molar-refractivity contribution in [2.24, 2.45) is 0 Å². The van der Waals surface area contributed by atoms with Gasteiger partial charge in [-0.2, -0.15) is 0 Å². The van der Waals surface area contributed by atoms with Crippen molar-refractivity contribution < 1.29 is 14.4 Å². The molecule has 0 aromatic heterocycles. The van der Waals surface area contributed by atoms with Gasteiger partial charge >= 0.3 is 6.03 Å². The molecule has 2 aliphatic rings. The van der Waals surface area contributed by atoms with Gasteiger partial charge < -0.3 is 25.8 Å². The number of thioether (sulfide) groups is 1. The van der Waals surface area contributed by atoms with Crippen LogP contribution in [0.5, 0.6) is 0 Å². The van der Waals surface area contributed by atoms with Crippen LogP contribution in [0.1, 0.15) is 48.9 Å². The van der Waals surface area contributed by atoms with E-state index >= 15 is 0 Å². The summed E-state index contributed by atoms with van der Waals surface area (Å²) in [6, 6.07) is 13.9. The van der Waals surface area contributed by atoms with Crippen molar-refractivity contribution in [2.45, 2.75) is 50.2 Å². The number of hydrogen-bond acceptors (Lipinski definition) is 5. The Morgan fingerprint density at radius 3 is 2.81 bits per heavy atom. The van der Waals surface area contributed by atoms with Gasteiger partial charge in [-0.3, -0.25) is 9.59 Å². The molecule has 2 aliphatic heterocycles. The number of carbonyl (C=O) groups excluding carboxylic acids is 3. The number of amides is 4. The quantitative estimate of drug-likeness (QED) is 0.495. The lowest BCUT2D eigenvalue weighted by atomic mass is 10.0. The van der Waals surface area contributed by atoms with E-state index in [4.69, 9.17) is 0 Å². The van der Waals surface area contributed by atoms with Crippen LogP contribution in [0.2, 0.25) is 0 Å². The minimum absolute atomic E-state index is 0.0363. The molecule has 0 saturated carbocycles. The van der Waals surface area contributed by atoms with E-state index in [-0.39, 0.29) is 30.4 Å². The average Bonchev–Trinajstić information content (AvgIpc) is 3.38. The number of likely N-dealkylation sites (tertiary alicyclic amines) is 1. The van der Waals surface area contributed by atoms with Crippen molar-refractivity contribution in [2.75, 3.05) is 37.8 Å². The van der Waals surface area contributed by atoms with Gasteiger partial charge in [0, 0.05) is 49.7 Å². The molecule has 2 aromatic carbocycles. The van der Waals surface area contributed by atoms with Crippen molar-refractivity contribution in [1.82, 2.24) is 20.4 Å². The van der Waals surface area contributed by atoms with Crippen LogP contribution in [0.4, 0.5) is 10.5 Å². The Balaban J connectivity index is 1.30. The van der Waals surface area contributed by atoms with E-state index in [1.807, 2.05) is 53.3 Å². The fourth-order valence-corrected chi connectivity index (χ4v) is 5.59. The third-order valence-electron chi connectivity index (χ3n) is 6.84. The second-order valence-corrected chi connectivity index (χ2v) is 9.95. The summed E-state index contributed by atoms with van der Waals surface area (Å²) in [5, 5.41) is 8.89. The molecule has 4 rings (SSSR count). The molecule has 192 valence electrons. The summed E-state index contributed by atoms with van der Waals surface area (Å²) >= 11 is 1.69. The fourth-order valence-electron chi connectivity index (χ4n) is 4.94. The van der Waals surface area contributed by atoms with E-state index in [1.54, 1.807) is 11.8 Å². The minimum atomic E-state index is -0.376. The van der Waals surface area contributed by atoms with Gasteiger partial charge in [-0.1, -0.05) is 30.3 Å². The summed E-state index contributed by atoms with van der Waals surface area (Å²) in [7, 11) is 0. The van der Waals surface area contributed by atoms with Crippen LogP contribution >= 0.6 is 11.8 Å². The maximum absolute atomic E-state index is 13.0. The summed E-state index contributed by atoms with van der Waals surface area (Å²) in [5.41, 5.74) is 4.17. The number of benzene rings is 2. The first-order valence-electron chi connectivity index (χ1n) is 12.6. The number of nitrogens with zero attached hydrogens (tertiary/aromatic N) is 2. The summed E-state index contributed by atoms with van der Waals surface area (Å²) in [6.45, 7) is 4.80. The predicted octanol–water partition coefficient (Wildman–Crippen LogP) is 3.74. The molecule has 1 atom stereocenters. The van der Waals surface area contributed by atoms with Gasteiger partial charge in [0.25, 0.3) is 0 Å². The van der Waals surface area contributed by atoms with E-state index in [1.165, 1.54) is 10.5 Å². The molecule has 2 heterocycles. The Kier molecular flexibility index (Phi) is 8.74. The molecule has 0 aliphatic carbocycles. The van der Waals surface area contributed by atoms with Crippen molar-refractivity contribution in [3.05, 3.63) is 59.2 Å². The van der Waals surface area contributed by atoms with E-state index < -0.39 is 0 Å². The largest absolute Gasteiger partial charge is 0.384 e. The molecule has 9 heteroatoms. The highest BCUT2D eigenvalue weighted by molar-refractivity contribution is 7.98. The summed E-state index contributed by atoms with van der Waals surface area (Å²) in [5.74, 6) is 0.0699. The summed E-state index contributed by atoms with van der Waals surface area (Å²) in [6.07, 6.45) is 4.42. The Morgan fingerprint density at radius 1 is 1.17 bits per heavy atom. The molecular formula is C27H35N5O3S. The van der Waals surface area contributed by atoms with Gasteiger partial charge in [0.1, 0.15) is 0 Å². The van der Waals surface area contributed by atoms with Crippen molar-refractivity contribution >= 4 is 35.3 Å². The Hall–Kier alpha value is -3.20. The predicted molar refractivity (Wildman–Crippen MR) is 143 cm³/mol. The van der Waals surface area contributed by atoms with E-state index in [2.05, 4.69) is 28.1 Å². The molecule has 3 N–H and O–H groups in total. The standard InChI is InChI=1S/C27H35N5O3S/c1-3-31-18-20-15-19(10-11-22(20)28-13-12-25(31)33)16-29-27(35)30-17-26(34)32-14-6-8-23(32)21-7-4-5-9-24(21)36-2/h4-5,7,9-11,15,23,28H,3,6,8,12-14,16-18H2,1-2H3,(H2,29,30,35). The van der Waals surface area contributed by atoms with Crippen LogP contribution in [0.25, 0.3) is 0 Å². The summed E-state index contributed by atoms with van der Waals surface area (Å²) < 4.78 is 0. The van der Waals surface area contributed by atoms with Crippen LogP contribution in [-0.2, 0) is 22.7 Å². The number of carbonyl (C=O) groups is 3. The van der Waals surface area contributed by atoms with E-state index in [0.29, 0.717) is 39.1 Å². The molecule has 1 unspecified atom stereocenters. The third-order valence-corrected chi connectivity index (χ3v) is 7.66. The van der Waals surface area contributed by atoms with Crippen LogP contribution < -0.4 is 16.0 Å². The number of nitrogens with one attached hydrogen (secondary N) is 3. The van der Waals surface area contributed by atoms with Gasteiger partial charge in [0.15, 0.2) is 0 Å². The first kappa shape index (κ1) is 25.9. The first-order valence-corrected chi connectivity index (χ1v) is 13.8. The highest BCUT2D eigenvalue weighted by Crippen LogP contribution is 2.36. The second kappa shape index (κ2) is 12.2. The number of fused-ring (bicyclic) bond motifs is 1. The lowest BCUT2D eigenvalue weighted by Gasteiger charge is -2.27. The second-order valence-electron chi connectivity index (χ2n) is 9.10. The van der Waals surface area contributed by atoms with Crippen LogP contribution in [0.15, 0.2) is 47.4 Å². The topological polar surface area (TPSA) is 93.8 Å². The number of hydrogen-bond donors (Lipinski definition) is 3. The van der Waals surface area contributed by atoms with Crippen LogP contribution in [0.3, 0.4) is 0 Å². The van der Waals surface area contributed by atoms with E-state index in [0.717, 1.165) is 29.7 Å². The van der Waals surface area contributed by atoms with Crippen molar-refractivity contribution in [3.63, 3.8) is 0 Å². The molecular weight excluding hydrogens is 474 g/mol. The van der Waals surface area contributed by atoms with Gasteiger partial charge in [0.2, 0.25) is 11.8 Å². The number of urea groups is 1.